The van der Waals surface area contributed by atoms with Crippen LogP contribution in [0.5, 0.6) is 0 Å². The minimum absolute atomic E-state index is 0.157. The fraction of sp³-hybridized carbons (Fsp3) is 0.417. The highest BCUT2D eigenvalue weighted by atomic mass is 79.9. The molecule has 1 rings (SSSR count). The first-order valence-corrected chi connectivity index (χ1v) is 6.49. The van der Waals surface area contributed by atoms with Crippen LogP contribution >= 0.6 is 15.9 Å². The van der Waals surface area contributed by atoms with Gasteiger partial charge in [-0.3, -0.25) is 14.9 Å². The van der Waals surface area contributed by atoms with Crippen molar-refractivity contribution < 1.29 is 14.8 Å². The van der Waals surface area contributed by atoms with Gasteiger partial charge in [-0.05, 0) is 35.3 Å². The molecule has 0 aliphatic heterocycles. The van der Waals surface area contributed by atoms with Crippen LogP contribution in [-0.4, -0.2) is 28.1 Å². The number of hydrogen-bond donors (Lipinski definition) is 2. The number of benzene rings is 1. The van der Waals surface area contributed by atoms with Crippen LogP contribution in [0.1, 0.15) is 30.6 Å². The summed E-state index contributed by atoms with van der Waals surface area (Å²) >= 11 is 3.19. The van der Waals surface area contributed by atoms with Crippen molar-refractivity contribution in [3.05, 3.63) is 38.3 Å². The Morgan fingerprint density at radius 2 is 2.21 bits per heavy atom. The standard InChI is InChI=1S/C12H15BrN2O4/c1-3-12(2,7-16)14-11(17)9-6-8(15(18)19)4-5-10(9)13/h4-6,16H,3,7H2,1-2H3,(H,14,17). The summed E-state index contributed by atoms with van der Waals surface area (Å²) < 4.78 is 0.465. The van der Waals surface area contributed by atoms with Crippen LogP contribution in [0.3, 0.4) is 0 Å². The van der Waals surface area contributed by atoms with Gasteiger partial charge in [-0.25, -0.2) is 0 Å². The summed E-state index contributed by atoms with van der Waals surface area (Å²) in [5.41, 5.74) is -0.737. The molecule has 0 fully saturated rings. The zero-order valence-electron chi connectivity index (χ0n) is 10.6. The number of hydrogen-bond acceptors (Lipinski definition) is 4. The molecule has 0 saturated heterocycles. The number of halogens is 1. The Morgan fingerprint density at radius 3 is 2.68 bits per heavy atom. The topological polar surface area (TPSA) is 92.5 Å². The second-order valence-corrected chi connectivity index (χ2v) is 5.30. The van der Waals surface area contributed by atoms with E-state index in [1.54, 1.807) is 6.92 Å². The van der Waals surface area contributed by atoms with E-state index in [-0.39, 0.29) is 17.9 Å². The van der Waals surface area contributed by atoms with E-state index in [9.17, 15) is 20.0 Å². The second-order valence-electron chi connectivity index (χ2n) is 4.45. The van der Waals surface area contributed by atoms with E-state index in [2.05, 4.69) is 21.2 Å². The maximum absolute atomic E-state index is 12.1. The number of nitro groups is 1. The molecule has 0 aliphatic carbocycles. The van der Waals surface area contributed by atoms with Gasteiger partial charge in [0.1, 0.15) is 0 Å². The molecule has 19 heavy (non-hydrogen) atoms. The molecule has 0 saturated carbocycles. The number of rotatable bonds is 5. The summed E-state index contributed by atoms with van der Waals surface area (Å²) in [5.74, 6) is -0.464. The number of nitrogens with one attached hydrogen (secondary N) is 1. The van der Waals surface area contributed by atoms with Gasteiger partial charge in [0.05, 0.1) is 22.6 Å². The second kappa shape index (κ2) is 6.12. The molecule has 0 radical (unpaired) electrons. The van der Waals surface area contributed by atoms with Crippen molar-refractivity contribution in [3.8, 4) is 0 Å². The van der Waals surface area contributed by atoms with Gasteiger partial charge in [0.2, 0.25) is 0 Å². The molecule has 0 bridgehead atoms. The van der Waals surface area contributed by atoms with Crippen molar-refractivity contribution in [3.63, 3.8) is 0 Å². The van der Waals surface area contributed by atoms with Gasteiger partial charge in [0.15, 0.2) is 0 Å². The number of nitro benzene ring substituents is 1. The lowest BCUT2D eigenvalue weighted by atomic mass is 9.99. The van der Waals surface area contributed by atoms with Gasteiger partial charge in [-0.15, -0.1) is 0 Å². The number of carbonyl (C=O) groups is 1. The van der Waals surface area contributed by atoms with Gasteiger partial charge in [-0.2, -0.15) is 0 Å². The quantitative estimate of drug-likeness (QED) is 0.639. The van der Waals surface area contributed by atoms with Gasteiger partial charge in [0, 0.05) is 16.6 Å². The van der Waals surface area contributed by atoms with Crippen LogP contribution in [0.4, 0.5) is 5.69 Å². The van der Waals surface area contributed by atoms with Gasteiger partial charge in [-0.1, -0.05) is 6.92 Å². The number of non-ortho nitro benzene ring substituents is 1. The first-order chi connectivity index (χ1) is 8.83. The van der Waals surface area contributed by atoms with Crippen molar-refractivity contribution >= 4 is 27.5 Å². The largest absolute Gasteiger partial charge is 0.394 e. The zero-order valence-corrected chi connectivity index (χ0v) is 12.2. The van der Waals surface area contributed by atoms with Crippen molar-refractivity contribution in [2.24, 2.45) is 0 Å². The molecule has 1 atom stereocenters. The van der Waals surface area contributed by atoms with E-state index in [1.807, 2.05) is 6.92 Å². The predicted octanol–water partition coefficient (Wildman–Crippen LogP) is 2.25. The zero-order chi connectivity index (χ0) is 14.6. The van der Waals surface area contributed by atoms with Crippen LogP contribution in [0.15, 0.2) is 22.7 Å². The molecule has 0 aliphatic rings. The third-order valence-electron chi connectivity index (χ3n) is 2.95. The van der Waals surface area contributed by atoms with Crippen LogP contribution in [0, 0.1) is 10.1 Å². The first-order valence-electron chi connectivity index (χ1n) is 5.70. The molecule has 0 aromatic heterocycles. The van der Waals surface area contributed by atoms with Crippen molar-refractivity contribution in [2.75, 3.05) is 6.61 Å². The number of amides is 1. The molecule has 1 unspecified atom stereocenters. The van der Waals surface area contributed by atoms with E-state index in [0.717, 1.165) is 0 Å². The third kappa shape index (κ3) is 3.74. The number of aliphatic hydroxyl groups excluding tert-OH is 1. The Kier molecular flexibility index (Phi) is 5.02. The number of carbonyl (C=O) groups excluding carboxylic acids is 1. The normalized spacial score (nSPS) is 13.7. The van der Waals surface area contributed by atoms with E-state index in [0.29, 0.717) is 10.9 Å². The Balaban J connectivity index is 3.06. The smallest absolute Gasteiger partial charge is 0.270 e. The van der Waals surface area contributed by atoms with Crippen LogP contribution in [-0.2, 0) is 0 Å². The highest BCUT2D eigenvalue weighted by Gasteiger charge is 2.25. The van der Waals surface area contributed by atoms with Crippen molar-refractivity contribution in [2.45, 2.75) is 25.8 Å². The molecule has 104 valence electrons. The Labute approximate surface area is 119 Å². The summed E-state index contributed by atoms with van der Waals surface area (Å²) in [4.78, 5) is 22.2. The van der Waals surface area contributed by atoms with E-state index in [1.165, 1.54) is 18.2 Å². The number of aliphatic hydroxyl groups is 1. The average molecular weight is 331 g/mol. The molecule has 1 amide bonds. The summed E-state index contributed by atoms with van der Waals surface area (Å²) in [5, 5.41) is 22.6. The minimum Gasteiger partial charge on any atom is -0.394 e. The Hall–Kier alpha value is -1.47. The van der Waals surface area contributed by atoms with Crippen LogP contribution in [0.2, 0.25) is 0 Å². The minimum atomic E-state index is -0.749. The lowest BCUT2D eigenvalue weighted by molar-refractivity contribution is -0.384. The Morgan fingerprint density at radius 1 is 1.58 bits per heavy atom. The van der Waals surface area contributed by atoms with E-state index < -0.39 is 16.4 Å². The average Bonchev–Trinajstić information content (AvgIpc) is 2.38. The highest BCUT2D eigenvalue weighted by Crippen LogP contribution is 2.23. The summed E-state index contributed by atoms with van der Waals surface area (Å²) in [6.07, 6.45) is 0.543. The van der Waals surface area contributed by atoms with E-state index in [4.69, 9.17) is 0 Å². The monoisotopic (exact) mass is 330 g/mol. The highest BCUT2D eigenvalue weighted by molar-refractivity contribution is 9.10. The molecular formula is C12H15BrN2O4. The predicted molar refractivity (Wildman–Crippen MR) is 74.0 cm³/mol. The van der Waals surface area contributed by atoms with Crippen molar-refractivity contribution in [1.82, 2.24) is 5.32 Å². The van der Waals surface area contributed by atoms with Crippen molar-refractivity contribution in [1.29, 1.82) is 0 Å². The molecule has 1 aromatic rings. The molecule has 0 heterocycles. The molecular weight excluding hydrogens is 316 g/mol. The number of nitrogens with zero attached hydrogens (tertiary/aromatic N) is 1. The van der Waals surface area contributed by atoms with Gasteiger partial charge >= 0.3 is 0 Å². The summed E-state index contributed by atoms with van der Waals surface area (Å²) in [6, 6.07) is 3.97. The molecule has 0 spiro atoms. The maximum Gasteiger partial charge on any atom is 0.270 e. The SMILES string of the molecule is CCC(C)(CO)NC(=O)c1cc([N+](=O)[O-])ccc1Br. The molecule has 1 aromatic carbocycles. The van der Waals surface area contributed by atoms with Crippen LogP contribution in [0.25, 0.3) is 0 Å². The molecule has 7 heteroatoms. The Bertz CT molecular complexity index is 501. The fourth-order valence-electron chi connectivity index (χ4n) is 1.38. The fourth-order valence-corrected chi connectivity index (χ4v) is 1.81. The molecule has 6 nitrogen and oxygen atoms in total. The molecule has 2 N–H and O–H groups in total. The third-order valence-corrected chi connectivity index (χ3v) is 3.64. The lowest BCUT2D eigenvalue weighted by Crippen LogP contribution is -2.48. The van der Waals surface area contributed by atoms with Crippen LogP contribution < -0.4 is 5.32 Å². The summed E-state index contributed by atoms with van der Waals surface area (Å²) in [6.45, 7) is 3.33. The van der Waals surface area contributed by atoms with Gasteiger partial charge in [0.25, 0.3) is 11.6 Å². The first kappa shape index (κ1) is 15.6. The summed E-state index contributed by atoms with van der Waals surface area (Å²) in [7, 11) is 0. The maximum atomic E-state index is 12.1. The lowest BCUT2D eigenvalue weighted by Gasteiger charge is -2.27. The van der Waals surface area contributed by atoms with E-state index >= 15 is 0 Å². The van der Waals surface area contributed by atoms with Gasteiger partial charge < -0.3 is 10.4 Å².